The molecule has 0 saturated carbocycles. The summed E-state index contributed by atoms with van der Waals surface area (Å²) in [5.41, 5.74) is 5.20. The van der Waals surface area contributed by atoms with E-state index in [1.165, 1.54) is 0 Å². The molecule has 74 valence electrons. The van der Waals surface area contributed by atoms with Gasteiger partial charge >= 0.3 is 0 Å². The van der Waals surface area contributed by atoms with E-state index >= 15 is 0 Å². The van der Waals surface area contributed by atoms with Gasteiger partial charge in [-0.2, -0.15) is 0 Å². The van der Waals surface area contributed by atoms with E-state index in [-0.39, 0.29) is 11.3 Å². The number of nitrogens with two attached hydrogens (primary N) is 1. The van der Waals surface area contributed by atoms with Gasteiger partial charge in [0.15, 0.2) is 0 Å². The van der Waals surface area contributed by atoms with Crippen molar-refractivity contribution in [2.24, 2.45) is 16.3 Å². The lowest BCUT2D eigenvalue weighted by atomic mass is 9.88. The van der Waals surface area contributed by atoms with Crippen LogP contribution < -0.4 is 11.1 Å². The predicted octanol–water partition coefficient (Wildman–Crippen LogP) is 0.372. The quantitative estimate of drug-likeness (QED) is 0.144. The molecule has 13 heavy (non-hydrogen) atoms. The number of terminal acetylenes is 1. The Balaban J connectivity index is 3.84. The molecule has 4 heteroatoms. The maximum atomic E-state index is 8.48. The highest BCUT2D eigenvalue weighted by molar-refractivity contribution is 5.85. The van der Waals surface area contributed by atoms with E-state index in [9.17, 15) is 0 Å². The molecule has 0 atom stereocenters. The summed E-state index contributed by atoms with van der Waals surface area (Å²) in [6.45, 7) is 5.14. The molecule has 0 bridgehead atoms. The highest BCUT2D eigenvalue weighted by Crippen LogP contribution is 2.19. The molecule has 0 aliphatic rings. The number of rotatable bonds is 5. The largest absolute Gasteiger partial charge is 0.409 e. The molecule has 4 N–H and O–H groups in total. The fourth-order valence-corrected chi connectivity index (χ4v) is 0.825. The summed E-state index contributed by atoms with van der Waals surface area (Å²) in [4.78, 5) is 0. The maximum Gasteiger partial charge on any atom is 0.144 e. The number of hydrogen-bond donors (Lipinski definition) is 3. The lowest BCUT2D eigenvalue weighted by Gasteiger charge is -2.22. The highest BCUT2D eigenvalue weighted by Gasteiger charge is 2.22. The van der Waals surface area contributed by atoms with Gasteiger partial charge in [0.2, 0.25) is 0 Å². The van der Waals surface area contributed by atoms with Crippen molar-refractivity contribution in [1.29, 1.82) is 0 Å². The smallest absolute Gasteiger partial charge is 0.144 e. The van der Waals surface area contributed by atoms with Crippen molar-refractivity contribution in [3.63, 3.8) is 0 Å². The third-order valence-electron chi connectivity index (χ3n) is 1.95. The minimum Gasteiger partial charge on any atom is -0.409 e. The normalized spacial score (nSPS) is 12.5. The SMILES string of the molecule is C#CCNCCC(C)(C)C(N)=NO. The first-order valence-corrected chi connectivity index (χ1v) is 4.17. The van der Waals surface area contributed by atoms with Crippen molar-refractivity contribution in [2.75, 3.05) is 13.1 Å². The van der Waals surface area contributed by atoms with Crippen LogP contribution in [0, 0.1) is 17.8 Å². The molecule has 0 saturated heterocycles. The van der Waals surface area contributed by atoms with Crippen LogP contribution in [-0.2, 0) is 0 Å². The van der Waals surface area contributed by atoms with Gasteiger partial charge in [-0.3, -0.25) is 0 Å². The first-order valence-electron chi connectivity index (χ1n) is 4.17. The summed E-state index contributed by atoms with van der Waals surface area (Å²) < 4.78 is 0. The molecule has 0 aromatic rings. The van der Waals surface area contributed by atoms with Crippen LogP contribution in [0.3, 0.4) is 0 Å². The second-order valence-electron chi connectivity index (χ2n) is 3.50. The molecule has 0 aliphatic heterocycles. The summed E-state index contributed by atoms with van der Waals surface area (Å²) >= 11 is 0. The third-order valence-corrected chi connectivity index (χ3v) is 1.95. The van der Waals surface area contributed by atoms with Crippen LogP contribution >= 0.6 is 0 Å². The first-order chi connectivity index (χ1) is 6.04. The summed E-state index contributed by atoms with van der Waals surface area (Å²) in [5, 5.41) is 14.5. The molecule has 0 fully saturated rings. The summed E-state index contributed by atoms with van der Waals surface area (Å²) in [6, 6.07) is 0. The van der Waals surface area contributed by atoms with Gasteiger partial charge in [-0.15, -0.1) is 6.42 Å². The third kappa shape index (κ3) is 4.38. The zero-order valence-corrected chi connectivity index (χ0v) is 8.17. The number of hydrogen-bond acceptors (Lipinski definition) is 3. The fraction of sp³-hybridized carbons (Fsp3) is 0.667. The van der Waals surface area contributed by atoms with Gasteiger partial charge in [0.25, 0.3) is 0 Å². The Kier molecular flexibility index (Phi) is 4.93. The zero-order valence-electron chi connectivity index (χ0n) is 8.17. The predicted molar refractivity (Wildman–Crippen MR) is 53.5 cm³/mol. The van der Waals surface area contributed by atoms with Gasteiger partial charge in [-0.25, -0.2) is 0 Å². The van der Waals surface area contributed by atoms with E-state index in [4.69, 9.17) is 17.4 Å². The first kappa shape index (κ1) is 11.8. The standard InChI is InChI=1S/C9H17N3O/c1-4-6-11-7-5-9(2,3)8(10)12-13/h1,11,13H,5-7H2,2-3H3,(H2,10,12). The Morgan fingerprint density at radius 1 is 1.69 bits per heavy atom. The Morgan fingerprint density at radius 2 is 2.31 bits per heavy atom. The van der Waals surface area contributed by atoms with E-state index in [0.29, 0.717) is 6.54 Å². The van der Waals surface area contributed by atoms with Gasteiger partial charge in [-0.05, 0) is 13.0 Å². The summed E-state index contributed by atoms with van der Waals surface area (Å²) in [7, 11) is 0. The molecule has 0 unspecified atom stereocenters. The minimum atomic E-state index is -0.295. The topological polar surface area (TPSA) is 70.6 Å². The molecule has 0 aromatic heterocycles. The van der Waals surface area contributed by atoms with E-state index < -0.39 is 0 Å². The lowest BCUT2D eigenvalue weighted by Crippen LogP contribution is -2.34. The Bertz CT molecular complexity index is 215. The van der Waals surface area contributed by atoms with Crippen LogP contribution in [-0.4, -0.2) is 24.1 Å². The number of nitrogens with zero attached hydrogens (tertiary/aromatic N) is 1. The minimum absolute atomic E-state index is 0.245. The number of oxime groups is 1. The number of amidine groups is 1. The maximum absolute atomic E-state index is 8.48. The van der Waals surface area contributed by atoms with Crippen molar-refractivity contribution in [2.45, 2.75) is 20.3 Å². The van der Waals surface area contributed by atoms with Crippen LogP contribution in [0.5, 0.6) is 0 Å². The number of nitrogens with one attached hydrogen (secondary N) is 1. The second kappa shape index (κ2) is 5.44. The molecule has 0 aliphatic carbocycles. The summed E-state index contributed by atoms with van der Waals surface area (Å²) in [5.74, 6) is 2.72. The van der Waals surface area contributed by atoms with Crippen LogP contribution in [0.2, 0.25) is 0 Å². The van der Waals surface area contributed by atoms with Gasteiger partial charge in [0, 0.05) is 5.41 Å². The molecule has 0 aromatic carbocycles. The Labute approximate surface area is 79.2 Å². The van der Waals surface area contributed by atoms with Crippen molar-refractivity contribution >= 4 is 5.84 Å². The van der Waals surface area contributed by atoms with Crippen molar-refractivity contribution in [3.05, 3.63) is 0 Å². The summed E-state index contributed by atoms with van der Waals surface area (Å²) in [6.07, 6.45) is 5.85. The van der Waals surface area contributed by atoms with Crippen LogP contribution in [0.25, 0.3) is 0 Å². The molecular formula is C9H17N3O. The van der Waals surface area contributed by atoms with E-state index in [2.05, 4.69) is 16.4 Å². The zero-order chi connectivity index (χ0) is 10.3. The van der Waals surface area contributed by atoms with Crippen molar-refractivity contribution in [3.8, 4) is 12.3 Å². The average molecular weight is 183 g/mol. The van der Waals surface area contributed by atoms with E-state index in [0.717, 1.165) is 13.0 Å². The molecule has 0 radical (unpaired) electrons. The fourth-order valence-electron chi connectivity index (χ4n) is 0.825. The van der Waals surface area contributed by atoms with Crippen molar-refractivity contribution < 1.29 is 5.21 Å². The average Bonchev–Trinajstić information content (AvgIpc) is 2.11. The van der Waals surface area contributed by atoms with Crippen LogP contribution in [0.15, 0.2) is 5.16 Å². The van der Waals surface area contributed by atoms with Crippen molar-refractivity contribution in [1.82, 2.24) is 5.32 Å². The Morgan fingerprint density at radius 3 is 2.77 bits per heavy atom. The van der Waals surface area contributed by atoms with Gasteiger partial charge in [0.05, 0.1) is 6.54 Å². The molecule has 0 heterocycles. The van der Waals surface area contributed by atoms with Crippen LogP contribution in [0.4, 0.5) is 0 Å². The lowest BCUT2D eigenvalue weighted by molar-refractivity contribution is 0.305. The van der Waals surface area contributed by atoms with E-state index in [1.54, 1.807) is 0 Å². The molecule has 0 rings (SSSR count). The molecule has 4 nitrogen and oxygen atoms in total. The van der Waals surface area contributed by atoms with E-state index in [1.807, 2.05) is 13.8 Å². The molecular weight excluding hydrogens is 166 g/mol. The molecule has 0 amide bonds. The van der Waals surface area contributed by atoms with Gasteiger partial charge in [-0.1, -0.05) is 24.9 Å². The second-order valence-corrected chi connectivity index (χ2v) is 3.50. The van der Waals surface area contributed by atoms with Gasteiger partial charge < -0.3 is 16.3 Å². The highest BCUT2D eigenvalue weighted by atomic mass is 16.4. The van der Waals surface area contributed by atoms with Gasteiger partial charge in [0.1, 0.15) is 5.84 Å². The monoisotopic (exact) mass is 183 g/mol. The van der Waals surface area contributed by atoms with Crippen LogP contribution in [0.1, 0.15) is 20.3 Å². The Hall–Kier alpha value is -1.21. The molecule has 0 spiro atoms.